The maximum atomic E-state index is 12.3. The molecule has 0 radical (unpaired) electrons. The molecule has 2 aromatic rings. The van der Waals surface area contributed by atoms with Crippen molar-refractivity contribution in [2.45, 2.75) is 13.0 Å². The molecule has 1 amide bonds. The van der Waals surface area contributed by atoms with E-state index in [4.69, 9.17) is 5.21 Å². The Morgan fingerprint density at radius 2 is 2.00 bits per heavy atom. The predicted octanol–water partition coefficient (Wildman–Crippen LogP) is 1.52. The van der Waals surface area contributed by atoms with Crippen LogP contribution in [0.4, 0.5) is 5.69 Å². The lowest BCUT2D eigenvalue weighted by molar-refractivity contribution is -0.384. The van der Waals surface area contributed by atoms with Crippen molar-refractivity contribution in [2.75, 3.05) is 0 Å². The Morgan fingerprint density at radius 3 is 2.62 bits per heavy atom. The fraction of sp³-hybridized carbons (Fsp3) is 0.125. The Kier molecular flexibility index (Phi) is 5.58. The van der Waals surface area contributed by atoms with Gasteiger partial charge in [-0.25, -0.2) is 5.48 Å². The Balaban J connectivity index is 2.10. The maximum Gasteiger partial charge on any atom is 0.269 e. The molecule has 0 bridgehead atoms. The molecule has 2 N–H and O–H groups in total. The third kappa shape index (κ3) is 4.37. The Hall–Kier alpha value is -3.26. The summed E-state index contributed by atoms with van der Waals surface area (Å²) in [5.41, 5.74) is 2.37. The van der Waals surface area contributed by atoms with Crippen LogP contribution >= 0.6 is 0 Å². The topological polar surface area (TPSA) is 114 Å². The van der Waals surface area contributed by atoms with Crippen LogP contribution in [-0.4, -0.2) is 20.6 Å². The number of nitrogens with one attached hydrogen (secondary N) is 1. The highest BCUT2D eigenvalue weighted by Gasteiger charge is 2.05. The van der Waals surface area contributed by atoms with E-state index in [1.165, 1.54) is 28.3 Å². The number of aryl methyl sites for hydroxylation is 2. The van der Waals surface area contributed by atoms with Crippen molar-refractivity contribution in [3.63, 3.8) is 0 Å². The fourth-order valence-electron chi connectivity index (χ4n) is 2.09. The summed E-state index contributed by atoms with van der Waals surface area (Å²) in [4.78, 5) is 33.4. The number of amides is 1. The lowest BCUT2D eigenvalue weighted by Gasteiger charge is -2.06. The molecule has 0 unspecified atom stereocenters. The molecular formula is C16H15N3O5. The van der Waals surface area contributed by atoms with E-state index in [1.807, 2.05) is 0 Å². The van der Waals surface area contributed by atoms with Gasteiger partial charge in [0.15, 0.2) is 0 Å². The van der Waals surface area contributed by atoms with Gasteiger partial charge in [0.2, 0.25) is 0 Å². The van der Waals surface area contributed by atoms with Crippen molar-refractivity contribution in [3.8, 4) is 0 Å². The fourth-order valence-corrected chi connectivity index (χ4v) is 2.09. The summed E-state index contributed by atoms with van der Waals surface area (Å²) in [7, 11) is 0. The number of non-ortho nitro benzene ring substituents is 1. The zero-order valence-corrected chi connectivity index (χ0v) is 12.6. The summed E-state index contributed by atoms with van der Waals surface area (Å²) in [5.74, 6) is -0.726. The van der Waals surface area contributed by atoms with Crippen LogP contribution in [0.2, 0.25) is 0 Å². The van der Waals surface area contributed by atoms with E-state index in [0.717, 1.165) is 11.6 Å². The number of pyridine rings is 1. The van der Waals surface area contributed by atoms with E-state index in [-0.39, 0.29) is 11.2 Å². The zero-order valence-electron chi connectivity index (χ0n) is 12.6. The molecule has 8 nitrogen and oxygen atoms in total. The molecule has 0 fully saturated rings. The first-order valence-electron chi connectivity index (χ1n) is 7.06. The highest BCUT2D eigenvalue weighted by Crippen LogP contribution is 2.12. The first-order valence-corrected chi connectivity index (χ1v) is 7.06. The Morgan fingerprint density at radius 1 is 1.29 bits per heavy atom. The first-order chi connectivity index (χ1) is 11.5. The molecule has 0 saturated carbocycles. The SMILES string of the molecule is O=C(/C=C/c1cccn(CCc2ccc([N+](=O)[O-])cc2)c1=O)NO. The van der Waals surface area contributed by atoms with E-state index in [2.05, 4.69) is 0 Å². The first kappa shape index (κ1) is 17.1. The molecule has 124 valence electrons. The van der Waals surface area contributed by atoms with E-state index in [1.54, 1.807) is 30.5 Å². The molecule has 0 saturated heterocycles. The lowest BCUT2D eigenvalue weighted by Crippen LogP contribution is -2.22. The average molecular weight is 329 g/mol. The summed E-state index contributed by atoms with van der Waals surface area (Å²) >= 11 is 0. The Labute approximate surface area is 136 Å². The minimum absolute atomic E-state index is 0.0187. The lowest BCUT2D eigenvalue weighted by atomic mass is 10.1. The molecule has 0 aliphatic heterocycles. The quantitative estimate of drug-likeness (QED) is 0.361. The summed E-state index contributed by atoms with van der Waals surface area (Å²) in [6, 6.07) is 9.38. The second kappa shape index (κ2) is 7.84. The summed E-state index contributed by atoms with van der Waals surface area (Å²) in [6.07, 6.45) is 4.52. The third-order valence-corrected chi connectivity index (χ3v) is 3.36. The molecule has 0 aliphatic rings. The maximum absolute atomic E-state index is 12.3. The van der Waals surface area contributed by atoms with Crippen LogP contribution in [0.5, 0.6) is 0 Å². The number of hydroxylamine groups is 1. The third-order valence-electron chi connectivity index (χ3n) is 3.36. The van der Waals surface area contributed by atoms with Gasteiger partial charge < -0.3 is 4.57 Å². The van der Waals surface area contributed by atoms with Gasteiger partial charge >= 0.3 is 0 Å². The number of hydrogen-bond donors (Lipinski definition) is 2. The number of rotatable bonds is 6. The number of carbonyl (C=O) groups excluding carboxylic acids is 1. The summed E-state index contributed by atoms with van der Waals surface area (Å²) in [6.45, 7) is 0.393. The number of aromatic nitrogens is 1. The van der Waals surface area contributed by atoms with Gasteiger partial charge in [-0.2, -0.15) is 0 Å². The van der Waals surface area contributed by atoms with Gasteiger partial charge in [-0.05, 0) is 30.2 Å². The largest absolute Gasteiger partial charge is 0.315 e. The minimum atomic E-state index is -0.726. The second-order valence-corrected chi connectivity index (χ2v) is 4.95. The van der Waals surface area contributed by atoms with Gasteiger partial charge in [-0.15, -0.1) is 0 Å². The number of nitro groups is 1. The second-order valence-electron chi connectivity index (χ2n) is 4.95. The van der Waals surface area contributed by atoms with Crippen molar-refractivity contribution in [1.29, 1.82) is 0 Å². The van der Waals surface area contributed by atoms with E-state index in [0.29, 0.717) is 18.5 Å². The number of benzene rings is 1. The van der Waals surface area contributed by atoms with Gasteiger partial charge in [0, 0.05) is 36.5 Å². The predicted molar refractivity (Wildman–Crippen MR) is 86.5 cm³/mol. The standard InChI is InChI=1S/C16H15N3O5/c20-15(17-22)8-5-13-2-1-10-18(16(13)21)11-9-12-3-6-14(7-4-12)19(23)24/h1-8,10,22H,9,11H2,(H,17,20)/b8-5+. The molecule has 2 rings (SSSR count). The van der Waals surface area contributed by atoms with Crippen molar-refractivity contribution in [3.05, 3.63) is 80.3 Å². The van der Waals surface area contributed by atoms with Crippen molar-refractivity contribution < 1.29 is 14.9 Å². The molecule has 8 heteroatoms. The van der Waals surface area contributed by atoms with Gasteiger partial charge in [0.25, 0.3) is 17.2 Å². The highest BCUT2D eigenvalue weighted by molar-refractivity contribution is 5.90. The minimum Gasteiger partial charge on any atom is -0.315 e. The van der Waals surface area contributed by atoms with E-state index in [9.17, 15) is 19.7 Å². The van der Waals surface area contributed by atoms with Crippen molar-refractivity contribution in [1.82, 2.24) is 10.0 Å². The van der Waals surface area contributed by atoms with Gasteiger partial charge in [-0.1, -0.05) is 12.1 Å². The van der Waals surface area contributed by atoms with Gasteiger partial charge in [0.05, 0.1) is 4.92 Å². The van der Waals surface area contributed by atoms with Gasteiger partial charge in [0.1, 0.15) is 0 Å². The van der Waals surface area contributed by atoms with Crippen LogP contribution < -0.4 is 11.0 Å². The molecule has 1 aromatic heterocycles. The van der Waals surface area contributed by atoms with Crippen LogP contribution in [0.15, 0.2) is 53.5 Å². The van der Waals surface area contributed by atoms with E-state index < -0.39 is 10.8 Å². The smallest absolute Gasteiger partial charge is 0.269 e. The number of carbonyl (C=O) groups is 1. The molecule has 24 heavy (non-hydrogen) atoms. The van der Waals surface area contributed by atoms with Crippen LogP contribution in [0.25, 0.3) is 6.08 Å². The van der Waals surface area contributed by atoms with Crippen LogP contribution in [-0.2, 0) is 17.8 Å². The molecule has 0 spiro atoms. The Bertz CT molecular complexity index is 824. The van der Waals surface area contributed by atoms with Crippen molar-refractivity contribution >= 4 is 17.7 Å². The summed E-state index contributed by atoms with van der Waals surface area (Å²) in [5, 5.41) is 19.0. The molecule has 1 heterocycles. The normalized spacial score (nSPS) is 10.7. The molecule has 0 aliphatic carbocycles. The highest BCUT2D eigenvalue weighted by atomic mass is 16.6. The van der Waals surface area contributed by atoms with Crippen molar-refractivity contribution in [2.24, 2.45) is 0 Å². The number of hydrogen-bond acceptors (Lipinski definition) is 5. The van der Waals surface area contributed by atoms with E-state index >= 15 is 0 Å². The van der Waals surface area contributed by atoms with Crippen LogP contribution in [0.1, 0.15) is 11.1 Å². The van der Waals surface area contributed by atoms with Crippen LogP contribution in [0.3, 0.4) is 0 Å². The monoisotopic (exact) mass is 329 g/mol. The van der Waals surface area contributed by atoms with Gasteiger partial charge in [-0.3, -0.25) is 24.9 Å². The van der Waals surface area contributed by atoms with Crippen LogP contribution in [0, 0.1) is 10.1 Å². The number of nitro benzene ring substituents is 1. The average Bonchev–Trinajstić information content (AvgIpc) is 2.59. The number of nitrogens with zero attached hydrogens (tertiary/aromatic N) is 2. The summed E-state index contributed by atoms with van der Waals surface area (Å²) < 4.78 is 1.48. The molecule has 1 aromatic carbocycles. The zero-order chi connectivity index (χ0) is 17.5. The molecular weight excluding hydrogens is 314 g/mol. The molecule has 0 atom stereocenters.